The highest BCUT2D eigenvalue weighted by molar-refractivity contribution is 5.99. The van der Waals surface area contributed by atoms with Crippen LogP contribution < -0.4 is 16.4 Å². The van der Waals surface area contributed by atoms with Crippen molar-refractivity contribution >= 4 is 17.4 Å². The smallest absolute Gasteiger partial charge is 0.323 e. The Morgan fingerprint density at radius 3 is 2.38 bits per heavy atom. The number of hydrogen-bond acceptors (Lipinski definition) is 2. The Morgan fingerprint density at radius 2 is 1.76 bits per heavy atom. The topological polar surface area (TPSA) is 67.2 Å². The van der Waals surface area contributed by atoms with Crippen LogP contribution in [0.4, 0.5) is 16.2 Å². The highest BCUT2D eigenvalue weighted by Gasteiger charge is 2.04. The van der Waals surface area contributed by atoms with Gasteiger partial charge in [-0.3, -0.25) is 0 Å². The minimum absolute atomic E-state index is 0.00957. The van der Waals surface area contributed by atoms with Crippen molar-refractivity contribution in [3.05, 3.63) is 59.7 Å². The van der Waals surface area contributed by atoms with Gasteiger partial charge in [-0.05, 0) is 48.7 Å². The molecule has 4 heteroatoms. The van der Waals surface area contributed by atoms with E-state index in [-0.39, 0.29) is 12.1 Å². The van der Waals surface area contributed by atoms with Gasteiger partial charge in [-0.2, -0.15) is 0 Å². The van der Waals surface area contributed by atoms with Crippen molar-refractivity contribution in [2.75, 3.05) is 10.6 Å². The number of benzene rings is 2. The number of carbonyl (C=O) groups excluding carboxylic acids is 1. The van der Waals surface area contributed by atoms with Crippen LogP contribution in [0.3, 0.4) is 0 Å². The molecule has 0 fully saturated rings. The van der Waals surface area contributed by atoms with Gasteiger partial charge >= 0.3 is 6.03 Å². The summed E-state index contributed by atoms with van der Waals surface area (Å²) in [5.74, 6) is 0. The lowest BCUT2D eigenvalue weighted by molar-refractivity contribution is 0.262. The maximum Gasteiger partial charge on any atom is 0.323 e. The second-order valence-corrected chi connectivity index (χ2v) is 5.04. The Labute approximate surface area is 125 Å². The van der Waals surface area contributed by atoms with E-state index < -0.39 is 0 Å². The Kier molecular flexibility index (Phi) is 4.95. The zero-order valence-electron chi connectivity index (χ0n) is 12.4. The van der Waals surface area contributed by atoms with Gasteiger partial charge in [-0.15, -0.1) is 0 Å². The number of aryl methyl sites for hydroxylation is 1. The quantitative estimate of drug-likeness (QED) is 0.796. The first-order chi connectivity index (χ1) is 10.1. The fourth-order valence-corrected chi connectivity index (χ4v) is 2.03. The van der Waals surface area contributed by atoms with Crippen molar-refractivity contribution in [2.45, 2.75) is 26.3 Å². The van der Waals surface area contributed by atoms with E-state index in [0.29, 0.717) is 0 Å². The number of carbonyl (C=O) groups is 1. The van der Waals surface area contributed by atoms with Crippen LogP contribution in [0.15, 0.2) is 48.5 Å². The van der Waals surface area contributed by atoms with Gasteiger partial charge in [-0.1, -0.05) is 31.2 Å². The summed E-state index contributed by atoms with van der Waals surface area (Å²) >= 11 is 0. The Morgan fingerprint density at radius 1 is 1.10 bits per heavy atom. The van der Waals surface area contributed by atoms with Crippen LogP contribution in [0, 0.1) is 0 Å². The first kappa shape index (κ1) is 15.1. The standard InChI is InChI=1S/C17H21N3O/c1-3-13-5-4-6-16(11-13)20-17(21)19-15-9-7-14(8-10-15)12(2)18/h4-12H,3,18H2,1-2H3,(H2,19,20,21). The third-order valence-corrected chi connectivity index (χ3v) is 3.29. The van der Waals surface area contributed by atoms with E-state index in [1.54, 1.807) is 0 Å². The molecule has 0 spiro atoms. The zero-order valence-corrected chi connectivity index (χ0v) is 12.4. The summed E-state index contributed by atoms with van der Waals surface area (Å²) in [5, 5.41) is 5.63. The minimum atomic E-state index is -0.253. The lowest BCUT2D eigenvalue weighted by Gasteiger charge is -2.10. The number of nitrogens with one attached hydrogen (secondary N) is 2. The Hall–Kier alpha value is -2.33. The SMILES string of the molecule is CCc1cccc(NC(=O)Nc2ccc(C(C)N)cc2)c1. The summed E-state index contributed by atoms with van der Waals surface area (Å²) in [6.07, 6.45) is 0.940. The molecule has 0 saturated carbocycles. The van der Waals surface area contributed by atoms with Crippen LogP contribution in [0.5, 0.6) is 0 Å². The van der Waals surface area contributed by atoms with Gasteiger partial charge in [0.05, 0.1) is 0 Å². The van der Waals surface area contributed by atoms with Gasteiger partial charge in [0.25, 0.3) is 0 Å². The molecule has 2 aromatic carbocycles. The van der Waals surface area contributed by atoms with Gasteiger partial charge in [0.2, 0.25) is 0 Å². The normalized spacial score (nSPS) is 11.8. The van der Waals surface area contributed by atoms with Crippen molar-refractivity contribution in [1.29, 1.82) is 0 Å². The molecule has 0 aliphatic rings. The minimum Gasteiger partial charge on any atom is -0.324 e. The highest BCUT2D eigenvalue weighted by Crippen LogP contribution is 2.15. The molecule has 0 aliphatic carbocycles. The second-order valence-electron chi connectivity index (χ2n) is 5.04. The van der Waals surface area contributed by atoms with E-state index in [0.717, 1.165) is 23.4 Å². The molecule has 2 rings (SSSR count). The van der Waals surface area contributed by atoms with Crippen molar-refractivity contribution in [3.8, 4) is 0 Å². The van der Waals surface area contributed by atoms with E-state index in [1.807, 2.05) is 55.5 Å². The maximum absolute atomic E-state index is 12.0. The summed E-state index contributed by atoms with van der Waals surface area (Å²) < 4.78 is 0. The van der Waals surface area contributed by atoms with E-state index >= 15 is 0 Å². The fourth-order valence-electron chi connectivity index (χ4n) is 2.03. The third-order valence-electron chi connectivity index (χ3n) is 3.29. The molecule has 0 heterocycles. The summed E-state index contributed by atoms with van der Waals surface area (Å²) in [7, 11) is 0. The second kappa shape index (κ2) is 6.90. The molecular formula is C17H21N3O. The molecule has 4 nitrogen and oxygen atoms in total. The monoisotopic (exact) mass is 283 g/mol. The molecule has 110 valence electrons. The van der Waals surface area contributed by atoms with Crippen LogP contribution in [0.25, 0.3) is 0 Å². The number of urea groups is 1. The van der Waals surface area contributed by atoms with Crippen molar-refractivity contribution < 1.29 is 4.79 Å². The molecule has 21 heavy (non-hydrogen) atoms. The highest BCUT2D eigenvalue weighted by atomic mass is 16.2. The number of anilines is 2. The molecule has 1 unspecified atom stereocenters. The van der Waals surface area contributed by atoms with E-state index in [9.17, 15) is 4.79 Å². The van der Waals surface area contributed by atoms with E-state index in [4.69, 9.17) is 5.73 Å². The molecule has 2 aromatic rings. The van der Waals surface area contributed by atoms with Gasteiger partial charge in [0, 0.05) is 17.4 Å². The molecule has 0 aromatic heterocycles. The fraction of sp³-hybridized carbons (Fsp3) is 0.235. The largest absolute Gasteiger partial charge is 0.324 e. The first-order valence-electron chi connectivity index (χ1n) is 7.11. The lowest BCUT2D eigenvalue weighted by Crippen LogP contribution is -2.19. The van der Waals surface area contributed by atoms with Crippen LogP contribution >= 0.6 is 0 Å². The first-order valence-corrected chi connectivity index (χ1v) is 7.11. The Balaban J connectivity index is 1.97. The van der Waals surface area contributed by atoms with Gasteiger partial charge in [0.15, 0.2) is 0 Å². The zero-order chi connectivity index (χ0) is 15.2. The molecule has 0 aliphatic heterocycles. The summed E-state index contributed by atoms with van der Waals surface area (Å²) in [5.41, 5.74) is 9.55. The summed E-state index contributed by atoms with van der Waals surface area (Å²) in [4.78, 5) is 12.0. The molecule has 4 N–H and O–H groups in total. The van der Waals surface area contributed by atoms with Crippen LogP contribution in [-0.4, -0.2) is 6.03 Å². The molecule has 2 amide bonds. The van der Waals surface area contributed by atoms with Crippen LogP contribution in [-0.2, 0) is 6.42 Å². The predicted molar refractivity (Wildman–Crippen MR) is 87.5 cm³/mol. The van der Waals surface area contributed by atoms with E-state index in [2.05, 4.69) is 17.6 Å². The van der Waals surface area contributed by atoms with Crippen molar-refractivity contribution in [1.82, 2.24) is 0 Å². The molecule has 0 radical (unpaired) electrons. The van der Waals surface area contributed by atoms with E-state index in [1.165, 1.54) is 5.56 Å². The maximum atomic E-state index is 12.0. The van der Waals surface area contributed by atoms with Gasteiger partial charge in [0.1, 0.15) is 0 Å². The lowest BCUT2D eigenvalue weighted by atomic mass is 10.1. The average Bonchev–Trinajstić information content (AvgIpc) is 2.47. The molecule has 0 saturated heterocycles. The number of amides is 2. The molecule has 0 bridgehead atoms. The number of hydrogen-bond donors (Lipinski definition) is 3. The summed E-state index contributed by atoms with van der Waals surface area (Å²) in [6, 6.07) is 15.1. The number of rotatable bonds is 4. The molecular weight excluding hydrogens is 262 g/mol. The van der Waals surface area contributed by atoms with Crippen LogP contribution in [0.2, 0.25) is 0 Å². The molecule has 1 atom stereocenters. The Bertz CT molecular complexity index is 606. The summed E-state index contributed by atoms with van der Waals surface area (Å²) in [6.45, 7) is 4.01. The van der Waals surface area contributed by atoms with Crippen molar-refractivity contribution in [2.24, 2.45) is 5.73 Å². The van der Waals surface area contributed by atoms with Crippen LogP contribution in [0.1, 0.15) is 31.0 Å². The van der Waals surface area contributed by atoms with Crippen molar-refractivity contribution in [3.63, 3.8) is 0 Å². The number of nitrogens with two attached hydrogens (primary N) is 1. The third kappa shape index (κ3) is 4.33. The van der Waals surface area contributed by atoms with Gasteiger partial charge < -0.3 is 16.4 Å². The average molecular weight is 283 g/mol. The van der Waals surface area contributed by atoms with Gasteiger partial charge in [-0.25, -0.2) is 4.79 Å². The predicted octanol–water partition coefficient (Wildman–Crippen LogP) is 3.91.